The van der Waals surface area contributed by atoms with Crippen LogP contribution in [0.15, 0.2) is 53.5 Å². The van der Waals surface area contributed by atoms with Gasteiger partial charge < -0.3 is 76.4 Å². The fraction of sp³-hybridized carbons (Fsp3) is 0.525. The molecule has 43 heteroatoms. The van der Waals surface area contributed by atoms with Crippen molar-refractivity contribution >= 4 is 74.4 Å². The smallest absolute Gasteiger partial charge is 0.387 e. The van der Waals surface area contributed by atoms with Crippen LogP contribution in [0.5, 0.6) is 0 Å². The Labute approximate surface area is 461 Å². The van der Waals surface area contributed by atoms with Gasteiger partial charge in [-0.1, -0.05) is 0 Å². The first kappa shape index (κ1) is 58.5. The first-order valence-corrected chi connectivity index (χ1v) is 28.9. The highest BCUT2D eigenvalue weighted by Crippen LogP contribution is 2.54. The highest BCUT2D eigenvalue weighted by Gasteiger charge is 2.55. The van der Waals surface area contributed by atoms with E-state index in [1.165, 1.54) is 11.5 Å². The number of nitrogens with one attached hydrogen (secondary N) is 1. The van der Waals surface area contributed by atoms with Crippen LogP contribution in [0, 0.1) is 6.92 Å². The number of phosphoric acid groups is 3. The number of nitrogens with zero attached hydrogens (tertiary/aromatic N) is 13. The van der Waals surface area contributed by atoms with Gasteiger partial charge in [0.2, 0.25) is 0 Å². The number of anilines is 3. The Kier molecular flexibility index (Phi) is 15.7. The standard InChI is InChI=1S/C40H50N17O23P3/c1-13-22(59)27(37(74-13)54-4-3-18(58)53-40(54)64)78-81(65,66)72-6-16-24(61)29(39(76-16)56-12-51-20-31(42)45-9-48-34(20)56)80-83(69,70)73-7-17-25(62)28(38(77-17)55-11-50-19-30(41)44-8-47-33(19)55)79-82(67,68)71-5-15-23(60)26(63)36(75-15)57-14(2)52-21-32(43)46-10-49-35(21)57/h3-4,8-13,15-17,22-29,36-39,59-63H,5-7H2,1-2H3,(H,65,66)(H,67,68)(H,69,70)(H2,41,44,47)(H2,42,45,48)(H2,43,46,49)(H,53,58,64)/t13-,15-,16-,17-,22-,23-,24-,25-,26-,27-,28-,29-,36-,37-,38-,39-/m1/s1. The van der Waals surface area contributed by atoms with E-state index in [-0.39, 0.29) is 56.8 Å². The Morgan fingerprint density at radius 3 is 1.46 bits per heavy atom. The van der Waals surface area contributed by atoms with E-state index in [4.69, 9.17) is 63.3 Å². The third-order valence-electron chi connectivity index (χ3n) is 13.8. The molecule has 11 heterocycles. The number of hydrogen-bond acceptors (Lipinski definition) is 32. The molecule has 0 amide bonds. The maximum atomic E-state index is 14.0. The van der Waals surface area contributed by atoms with E-state index in [0.29, 0.717) is 0 Å². The van der Waals surface area contributed by atoms with Gasteiger partial charge in [-0.2, -0.15) is 0 Å². The van der Waals surface area contributed by atoms with E-state index in [1.54, 1.807) is 6.92 Å². The number of phosphoric ester groups is 3. The molecule has 0 radical (unpaired) electrons. The zero-order valence-corrected chi connectivity index (χ0v) is 45.2. The van der Waals surface area contributed by atoms with Crippen molar-refractivity contribution in [1.82, 2.24) is 68.1 Å². The zero-order chi connectivity index (χ0) is 59.2. The molecule has 4 saturated heterocycles. The number of aromatic amines is 1. The normalized spacial score (nSPS) is 32.4. The molecule has 448 valence electrons. The summed E-state index contributed by atoms with van der Waals surface area (Å²) >= 11 is 0. The van der Waals surface area contributed by atoms with E-state index in [9.17, 15) is 63.5 Å². The molecule has 83 heavy (non-hydrogen) atoms. The Balaban J connectivity index is 0.796. The number of hydrogen-bond donors (Lipinski definition) is 12. The van der Waals surface area contributed by atoms with Crippen molar-refractivity contribution in [1.29, 1.82) is 0 Å². The number of nitrogen functional groups attached to an aromatic ring is 3. The van der Waals surface area contributed by atoms with Gasteiger partial charge in [0.1, 0.15) is 103 Å². The van der Waals surface area contributed by atoms with Crippen LogP contribution in [0.3, 0.4) is 0 Å². The average Bonchev–Trinajstić information content (AvgIpc) is 3.37. The highest BCUT2D eigenvalue weighted by molar-refractivity contribution is 7.48. The lowest BCUT2D eigenvalue weighted by Crippen LogP contribution is -2.39. The second-order valence-corrected chi connectivity index (χ2v) is 23.2. The Hall–Kier alpha value is -6.30. The van der Waals surface area contributed by atoms with Gasteiger partial charge in [0.05, 0.1) is 38.6 Å². The Morgan fingerprint density at radius 1 is 0.554 bits per heavy atom. The number of aliphatic hydroxyl groups excluding tert-OH is 5. The second kappa shape index (κ2) is 22.3. The van der Waals surface area contributed by atoms with Crippen molar-refractivity contribution < 1.29 is 100.0 Å². The van der Waals surface area contributed by atoms with E-state index in [2.05, 4.69) is 44.9 Å². The number of H-pyrrole nitrogens is 1. The lowest BCUT2D eigenvalue weighted by Gasteiger charge is -2.25. The Bertz CT molecular complexity index is 3850. The quantitative estimate of drug-likeness (QED) is 0.0344. The zero-order valence-electron chi connectivity index (χ0n) is 42.5. The summed E-state index contributed by atoms with van der Waals surface area (Å²) in [7, 11) is -16.4. The molecule has 4 fully saturated rings. The van der Waals surface area contributed by atoms with Crippen LogP contribution >= 0.6 is 23.5 Å². The molecule has 4 aliphatic rings. The van der Waals surface area contributed by atoms with Crippen molar-refractivity contribution in [2.75, 3.05) is 37.0 Å². The summed E-state index contributed by atoms with van der Waals surface area (Å²) in [6.07, 6.45) is -21.0. The van der Waals surface area contributed by atoms with Crippen LogP contribution in [-0.2, 0) is 59.8 Å². The predicted molar refractivity (Wildman–Crippen MR) is 269 cm³/mol. The van der Waals surface area contributed by atoms with Crippen molar-refractivity contribution in [3.8, 4) is 0 Å². The molecule has 4 aliphatic heterocycles. The summed E-state index contributed by atoms with van der Waals surface area (Å²) in [6.45, 7) is -0.157. The fourth-order valence-corrected chi connectivity index (χ4v) is 12.6. The number of ether oxygens (including phenoxy) is 4. The third-order valence-corrected chi connectivity index (χ3v) is 16.7. The fourth-order valence-electron chi connectivity index (χ4n) is 9.75. The molecule has 15 N–H and O–H groups in total. The molecule has 19 atom stereocenters. The monoisotopic (exact) mass is 1230 g/mol. The van der Waals surface area contributed by atoms with Gasteiger partial charge in [-0.25, -0.2) is 63.3 Å². The average molecular weight is 1230 g/mol. The maximum Gasteiger partial charge on any atom is 0.472 e. The topological polar surface area (TPSA) is 569 Å². The molecule has 40 nitrogen and oxygen atoms in total. The number of aryl methyl sites for hydroxylation is 1. The number of imidazole rings is 3. The number of fused-ring (bicyclic) bond motifs is 3. The molecular weight excluding hydrogens is 1180 g/mol. The molecular formula is C40H50N17O23P3. The van der Waals surface area contributed by atoms with Crippen molar-refractivity contribution in [2.45, 2.75) is 112 Å². The van der Waals surface area contributed by atoms with Gasteiger partial charge in [-0.3, -0.25) is 55.2 Å². The second-order valence-electron chi connectivity index (χ2n) is 19.0. The number of aromatic nitrogens is 14. The van der Waals surface area contributed by atoms with Crippen LogP contribution in [0.25, 0.3) is 33.5 Å². The van der Waals surface area contributed by atoms with E-state index >= 15 is 0 Å². The maximum absolute atomic E-state index is 14.0. The van der Waals surface area contributed by atoms with Gasteiger partial charge in [-0.05, 0) is 13.8 Å². The summed E-state index contributed by atoms with van der Waals surface area (Å²) in [4.78, 5) is 96.4. The van der Waals surface area contributed by atoms with E-state index < -0.39 is 153 Å². The van der Waals surface area contributed by atoms with Crippen LogP contribution < -0.4 is 28.5 Å². The highest BCUT2D eigenvalue weighted by atomic mass is 31.2. The molecule has 0 spiro atoms. The molecule has 0 aliphatic carbocycles. The van der Waals surface area contributed by atoms with Crippen LogP contribution in [0.1, 0.15) is 37.7 Å². The molecule has 7 aromatic heterocycles. The van der Waals surface area contributed by atoms with Gasteiger partial charge in [0, 0.05) is 12.3 Å². The molecule has 0 aromatic carbocycles. The molecule has 0 bridgehead atoms. The van der Waals surface area contributed by atoms with Gasteiger partial charge in [-0.15, -0.1) is 0 Å². The molecule has 7 aromatic rings. The minimum Gasteiger partial charge on any atom is -0.387 e. The number of rotatable bonds is 19. The first-order valence-electron chi connectivity index (χ1n) is 24.4. The number of nitrogens with two attached hydrogens (primary N) is 3. The summed E-state index contributed by atoms with van der Waals surface area (Å²) < 4.78 is 101. The van der Waals surface area contributed by atoms with E-state index in [1.807, 2.05) is 4.98 Å². The van der Waals surface area contributed by atoms with Gasteiger partial charge >= 0.3 is 29.2 Å². The lowest BCUT2D eigenvalue weighted by molar-refractivity contribution is -0.0656. The van der Waals surface area contributed by atoms with Crippen LogP contribution in [0.2, 0.25) is 0 Å². The van der Waals surface area contributed by atoms with Crippen molar-refractivity contribution in [3.05, 3.63) is 70.6 Å². The third kappa shape index (κ3) is 11.2. The SMILES string of the molecule is Cc1nc2c(N)ncnc2n1[C@@H]1O[C@H](COP(=O)(O)O[C@@H]2[C@H](O)[C@@H](COP(=O)(O)O[C@@H]3[C@H](O)[C@@H](COP(=O)(O)O[C@@H]4[C@H](O)[C@@H](C)O[C@H]4n4ccc(=O)[nH]c4=O)O[C@H]3n3cnc4c(N)ncnc43)O[C@H]2n2cnc3c(N)ncnc32)[C@@H](O)[C@H]1O. The molecule has 11 rings (SSSR count). The summed E-state index contributed by atoms with van der Waals surface area (Å²) in [6, 6.07) is 0.950. The van der Waals surface area contributed by atoms with Gasteiger partial charge in [0.15, 0.2) is 64.8 Å². The minimum atomic E-state index is -5.57. The predicted octanol–water partition coefficient (Wildman–Crippen LogP) is -3.97. The largest absolute Gasteiger partial charge is 0.472 e. The van der Waals surface area contributed by atoms with Gasteiger partial charge in [0.25, 0.3) is 5.56 Å². The van der Waals surface area contributed by atoms with Crippen LogP contribution in [-0.4, -0.2) is 201 Å². The lowest BCUT2D eigenvalue weighted by atomic mass is 10.1. The van der Waals surface area contributed by atoms with Crippen molar-refractivity contribution in [3.63, 3.8) is 0 Å². The van der Waals surface area contributed by atoms with Crippen LogP contribution in [0.4, 0.5) is 17.5 Å². The minimum absolute atomic E-state index is 0.00611. The van der Waals surface area contributed by atoms with Crippen molar-refractivity contribution in [2.24, 2.45) is 0 Å². The number of aliphatic hydroxyl groups is 5. The molecule has 0 saturated carbocycles. The molecule has 3 unspecified atom stereocenters. The Morgan fingerprint density at radius 2 is 0.976 bits per heavy atom. The summed E-state index contributed by atoms with van der Waals surface area (Å²) in [5, 5.41) is 56.4. The first-order chi connectivity index (χ1) is 39.3. The summed E-state index contributed by atoms with van der Waals surface area (Å²) in [5.41, 5.74) is 16.3. The summed E-state index contributed by atoms with van der Waals surface area (Å²) in [5.74, 6) is 0.0305. The van der Waals surface area contributed by atoms with E-state index in [0.717, 1.165) is 57.6 Å².